The van der Waals surface area contributed by atoms with Gasteiger partial charge in [0.2, 0.25) is 10.1 Å². The van der Waals surface area contributed by atoms with Crippen molar-refractivity contribution in [2.75, 3.05) is 24.4 Å². The Balaban J connectivity index is 2.08. The topological polar surface area (TPSA) is 85.4 Å². The van der Waals surface area contributed by atoms with Gasteiger partial charge in [0, 0.05) is 18.4 Å². The Kier molecular flexibility index (Phi) is 6.15. The van der Waals surface area contributed by atoms with Gasteiger partial charge in [-0.3, -0.25) is 5.32 Å². The second kappa shape index (κ2) is 8.12. The summed E-state index contributed by atoms with van der Waals surface area (Å²) < 4.78 is 47.9. The molecule has 0 bridgehead atoms. The van der Waals surface area contributed by atoms with Crippen LogP contribution in [-0.2, 0) is 17.5 Å². The fourth-order valence-electron chi connectivity index (χ4n) is 1.86. The van der Waals surface area contributed by atoms with Gasteiger partial charge in [0.15, 0.2) is 0 Å². The van der Waals surface area contributed by atoms with E-state index in [1.54, 1.807) is 18.2 Å². The highest BCUT2D eigenvalue weighted by atomic mass is 32.1. The molecule has 2 rings (SSSR count). The average Bonchev–Trinajstić information content (AvgIpc) is 2.99. The highest BCUT2D eigenvalue weighted by Crippen LogP contribution is 2.33. The molecule has 7 nitrogen and oxygen atoms in total. The van der Waals surface area contributed by atoms with Crippen LogP contribution in [0.1, 0.15) is 17.5 Å². The summed E-state index contributed by atoms with van der Waals surface area (Å²) in [7, 11) is 1.50. The van der Waals surface area contributed by atoms with Crippen LogP contribution in [0.2, 0.25) is 0 Å². The minimum Gasteiger partial charge on any atom is -0.494 e. The molecule has 2 N–H and O–H groups in total. The zero-order chi connectivity index (χ0) is 18.4. The number of nitrogens with one attached hydrogen (secondary N) is 2. The number of ether oxygens (including phenoxy) is 2. The maximum absolute atomic E-state index is 12.5. The first-order valence-electron chi connectivity index (χ1n) is 7.06. The van der Waals surface area contributed by atoms with Crippen molar-refractivity contribution in [1.82, 2.24) is 10.2 Å². The van der Waals surface area contributed by atoms with E-state index in [0.29, 0.717) is 23.6 Å². The molecule has 0 radical (unpaired) electrons. The third-order valence-corrected chi connectivity index (χ3v) is 3.71. The number of rotatable bonds is 6. The SMILES string of the molecule is CCOc1ccc(NC(=O)Nc2nnc(C(F)(F)F)s2)c(COC)c1. The molecule has 2 amide bonds. The monoisotopic (exact) mass is 376 g/mol. The Bertz CT molecular complexity index is 736. The molecule has 1 aromatic heterocycles. The van der Waals surface area contributed by atoms with Crippen molar-refractivity contribution in [3.8, 4) is 5.75 Å². The number of urea groups is 1. The van der Waals surface area contributed by atoms with Crippen LogP contribution in [-0.4, -0.2) is 29.9 Å². The number of halogens is 3. The molecule has 0 spiro atoms. The number of carbonyl (C=O) groups is 1. The van der Waals surface area contributed by atoms with E-state index in [-0.39, 0.29) is 23.1 Å². The molecule has 0 saturated carbocycles. The van der Waals surface area contributed by atoms with Gasteiger partial charge >= 0.3 is 12.2 Å². The number of amides is 2. The molecule has 0 saturated heterocycles. The lowest BCUT2D eigenvalue weighted by Gasteiger charge is -2.12. The Morgan fingerprint density at radius 3 is 2.64 bits per heavy atom. The van der Waals surface area contributed by atoms with E-state index in [9.17, 15) is 18.0 Å². The Labute approximate surface area is 145 Å². The Hall–Kier alpha value is -2.40. The number of hydrogen-bond donors (Lipinski definition) is 2. The van der Waals surface area contributed by atoms with Gasteiger partial charge in [-0.2, -0.15) is 13.2 Å². The summed E-state index contributed by atoms with van der Waals surface area (Å²) >= 11 is 0.238. The standard InChI is InChI=1S/C14H15F3N4O3S/c1-3-24-9-4-5-10(8(6-9)7-23-2)18-12(22)19-13-21-20-11(25-13)14(15,16)17/h4-6H,3,7H2,1-2H3,(H2,18,19,21,22). The number of methoxy groups -OCH3 is 1. The summed E-state index contributed by atoms with van der Waals surface area (Å²) in [5.41, 5.74) is 1.08. The molecule has 11 heteroatoms. The largest absolute Gasteiger partial charge is 0.494 e. The molecular formula is C14H15F3N4O3S. The average molecular weight is 376 g/mol. The van der Waals surface area contributed by atoms with E-state index >= 15 is 0 Å². The van der Waals surface area contributed by atoms with Crippen molar-refractivity contribution < 1.29 is 27.4 Å². The summed E-state index contributed by atoms with van der Waals surface area (Å²) in [4.78, 5) is 12.0. The predicted octanol–water partition coefficient (Wildman–Crippen LogP) is 3.75. The highest BCUT2D eigenvalue weighted by Gasteiger charge is 2.35. The lowest BCUT2D eigenvalue weighted by atomic mass is 10.2. The van der Waals surface area contributed by atoms with Gasteiger partial charge in [0.05, 0.1) is 13.2 Å². The number of hydrogen-bond acceptors (Lipinski definition) is 6. The van der Waals surface area contributed by atoms with Crippen LogP contribution in [0.15, 0.2) is 18.2 Å². The van der Waals surface area contributed by atoms with Gasteiger partial charge in [0.25, 0.3) is 0 Å². The molecule has 0 aliphatic heterocycles. The summed E-state index contributed by atoms with van der Waals surface area (Å²) in [6.45, 7) is 2.54. The first kappa shape index (κ1) is 18.9. The zero-order valence-electron chi connectivity index (χ0n) is 13.3. The molecule has 2 aromatic rings. The smallest absolute Gasteiger partial charge is 0.445 e. The van der Waals surface area contributed by atoms with Gasteiger partial charge in [0.1, 0.15) is 5.75 Å². The highest BCUT2D eigenvalue weighted by molar-refractivity contribution is 7.15. The molecule has 0 unspecified atom stereocenters. The Morgan fingerprint density at radius 1 is 1.28 bits per heavy atom. The maximum Gasteiger partial charge on any atom is 0.445 e. The van der Waals surface area contributed by atoms with E-state index in [4.69, 9.17) is 9.47 Å². The molecule has 1 aromatic carbocycles. The summed E-state index contributed by atoms with van der Waals surface area (Å²) in [6.07, 6.45) is -4.60. The van der Waals surface area contributed by atoms with Gasteiger partial charge in [-0.05, 0) is 25.1 Å². The van der Waals surface area contributed by atoms with Gasteiger partial charge < -0.3 is 14.8 Å². The van der Waals surface area contributed by atoms with Crippen LogP contribution in [0.25, 0.3) is 0 Å². The lowest BCUT2D eigenvalue weighted by Crippen LogP contribution is -2.20. The number of alkyl halides is 3. The lowest BCUT2D eigenvalue weighted by molar-refractivity contribution is -0.138. The molecule has 0 aliphatic carbocycles. The van der Waals surface area contributed by atoms with E-state index in [0.717, 1.165) is 0 Å². The van der Waals surface area contributed by atoms with E-state index in [1.165, 1.54) is 7.11 Å². The quantitative estimate of drug-likeness (QED) is 0.802. The normalized spacial score (nSPS) is 11.2. The van der Waals surface area contributed by atoms with Crippen molar-refractivity contribution in [2.45, 2.75) is 19.7 Å². The second-order valence-corrected chi connectivity index (χ2v) is 5.65. The minimum atomic E-state index is -4.60. The van der Waals surface area contributed by atoms with Crippen molar-refractivity contribution in [3.05, 3.63) is 28.8 Å². The number of anilines is 2. The van der Waals surface area contributed by atoms with E-state index in [2.05, 4.69) is 20.8 Å². The molecule has 25 heavy (non-hydrogen) atoms. The number of benzene rings is 1. The van der Waals surface area contributed by atoms with Crippen LogP contribution in [0, 0.1) is 0 Å². The van der Waals surface area contributed by atoms with Crippen LogP contribution in [0.4, 0.5) is 28.8 Å². The summed E-state index contributed by atoms with van der Waals surface area (Å²) in [5, 5.41) is 9.64. The first-order chi connectivity index (χ1) is 11.8. The third-order valence-electron chi connectivity index (χ3n) is 2.82. The van der Waals surface area contributed by atoms with Gasteiger partial charge in [-0.15, -0.1) is 10.2 Å². The van der Waals surface area contributed by atoms with Crippen molar-refractivity contribution in [1.29, 1.82) is 0 Å². The molecule has 0 aliphatic rings. The van der Waals surface area contributed by atoms with Crippen LogP contribution < -0.4 is 15.4 Å². The fraction of sp³-hybridized carbons (Fsp3) is 0.357. The van der Waals surface area contributed by atoms with Crippen molar-refractivity contribution in [2.24, 2.45) is 0 Å². The molecule has 0 atom stereocenters. The minimum absolute atomic E-state index is 0.216. The molecule has 1 heterocycles. The summed E-state index contributed by atoms with van der Waals surface area (Å²) in [6, 6.07) is 4.23. The molecular weight excluding hydrogens is 361 g/mol. The fourth-order valence-corrected chi connectivity index (χ4v) is 2.47. The van der Waals surface area contributed by atoms with E-state index in [1.807, 2.05) is 6.92 Å². The number of aromatic nitrogens is 2. The molecule has 136 valence electrons. The predicted molar refractivity (Wildman–Crippen MR) is 85.9 cm³/mol. The van der Waals surface area contributed by atoms with Crippen molar-refractivity contribution >= 4 is 28.2 Å². The van der Waals surface area contributed by atoms with Gasteiger partial charge in [-0.1, -0.05) is 11.3 Å². The van der Waals surface area contributed by atoms with Crippen LogP contribution in [0.3, 0.4) is 0 Å². The zero-order valence-corrected chi connectivity index (χ0v) is 14.1. The number of carbonyl (C=O) groups excluding carboxylic acids is 1. The number of nitrogens with zero attached hydrogens (tertiary/aromatic N) is 2. The van der Waals surface area contributed by atoms with Crippen LogP contribution in [0.5, 0.6) is 5.75 Å². The first-order valence-corrected chi connectivity index (χ1v) is 7.88. The van der Waals surface area contributed by atoms with Crippen LogP contribution >= 0.6 is 11.3 Å². The van der Waals surface area contributed by atoms with Crippen molar-refractivity contribution in [3.63, 3.8) is 0 Å². The Morgan fingerprint density at radius 2 is 2.04 bits per heavy atom. The third kappa shape index (κ3) is 5.29. The summed E-state index contributed by atoms with van der Waals surface area (Å²) in [5.74, 6) is 0.611. The second-order valence-electron chi connectivity index (χ2n) is 4.67. The molecule has 0 fully saturated rings. The van der Waals surface area contributed by atoms with E-state index < -0.39 is 17.2 Å². The maximum atomic E-state index is 12.5. The van der Waals surface area contributed by atoms with Gasteiger partial charge in [-0.25, -0.2) is 4.79 Å².